The molecule has 0 aliphatic carbocycles. The number of hydrogen-bond acceptors (Lipinski definition) is 5. The number of anilines is 2. The molecule has 5 rings (SSSR count). The Balaban J connectivity index is 1.40. The van der Waals surface area contributed by atoms with E-state index in [0.29, 0.717) is 11.0 Å². The summed E-state index contributed by atoms with van der Waals surface area (Å²) in [6.45, 7) is 0. The fourth-order valence-electron chi connectivity index (χ4n) is 3.78. The second kappa shape index (κ2) is 10.1. The minimum absolute atomic E-state index is 0.139. The van der Waals surface area contributed by atoms with Crippen molar-refractivity contribution >= 4 is 41.2 Å². The summed E-state index contributed by atoms with van der Waals surface area (Å²) in [6.07, 6.45) is 5.06. The van der Waals surface area contributed by atoms with E-state index in [1.165, 1.54) is 18.2 Å². The smallest absolute Gasteiger partial charge is 0.250 e. The number of halogens is 2. The lowest BCUT2D eigenvalue weighted by Crippen LogP contribution is -2.20. The first kappa shape index (κ1) is 23.3. The number of benzene rings is 3. The van der Waals surface area contributed by atoms with E-state index in [-0.39, 0.29) is 23.7 Å². The number of methoxy groups -OCH3 is 1. The van der Waals surface area contributed by atoms with Crippen LogP contribution in [0.25, 0.3) is 11.8 Å². The SMILES string of the molecule is COc1ccc(/C=C/C(=O)Nc2nc3n(n2)[C@@H](c2ccc(F)cc2)C=C(c2ccc(Cl)cc2)N3)cc1. The minimum atomic E-state index is -0.377. The Morgan fingerprint density at radius 2 is 1.81 bits per heavy atom. The van der Waals surface area contributed by atoms with Crippen molar-refractivity contribution in [3.05, 3.63) is 112 Å². The Kier molecular flexibility index (Phi) is 6.51. The van der Waals surface area contributed by atoms with Crippen LogP contribution >= 0.6 is 11.6 Å². The van der Waals surface area contributed by atoms with Gasteiger partial charge < -0.3 is 10.1 Å². The molecule has 2 heterocycles. The standard InChI is InChI=1S/C27H21ClFN5O2/c1-36-22-13-2-17(3-14-22)4-15-25(35)31-26-32-27-30-23(18-5-9-20(28)10-6-18)16-24(34(27)33-26)19-7-11-21(29)12-8-19/h2-16,24H,1H3,(H2,30,31,32,33,35)/b15-4+/t24-/m1/s1. The second-order valence-electron chi connectivity index (χ2n) is 8.01. The molecule has 1 atom stereocenters. The molecule has 0 bridgehead atoms. The third-order valence-electron chi connectivity index (χ3n) is 5.61. The molecule has 1 aromatic heterocycles. The number of nitrogens with one attached hydrogen (secondary N) is 2. The van der Waals surface area contributed by atoms with Crippen LogP contribution in [0, 0.1) is 5.82 Å². The maximum Gasteiger partial charge on any atom is 0.250 e. The van der Waals surface area contributed by atoms with E-state index in [1.54, 1.807) is 42.1 Å². The third kappa shape index (κ3) is 5.13. The van der Waals surface area contributed by atoms with Crippen LogP contribution in [0.5, 0.6) is 5.75 Å². The molecule has 1 aliphatic heterocycles. The number of carbonyl (C=O) groups excluding carboxylic acids is 1. The highest BCUT2D eigenvalue weighted by atomic mass is 35.5. The molecule has 2 N–H and O–H groups in total. The lowest BCUT2D eigenvalue weighted by Gasteiger charge is -2.24. The summed E-state index contributed by atoms with van der Waals surface area (Å²) in [5.74, 6) is 0.605. The number of ether oxygens (including phenoxy) is 1. The summed E-state index contributed by atoms with van der Waals surface area (Å²) in [6, 6.07) is 20.5. The summed E-state index contributed by atoms with van der Waals surface area (Å²) in [5.41, 5.74) is 3.35. The van der Waals surface area contributed by atoms with Gasteiger partial charge in [0.25, 0.3) is 11.9 Å². The van der Waals surface area contributed by atoms with Gasteiger partial charge in [-0.2, -0.15) is 4.98 Å². The van der Waals surface area contributed by atoms with E-state index >= 15 is 0 Å². The predicted octanol–water partition coefficient (Wildman–Crippen LogP) is 5.79. The monoisotopic (exact) mass is 501 g/mol. The van der Waals surface area contributed by atoms with E-state index in [1.807, 2.05) is 42.5 Å². The van der Waals surface area contributed by atoms with Gasteiger partial charge in [-0.05, 0) is 65.2 Å². The van der Waals surface area contributed by atoms with Crippen molar-refractivity contribution in [1.29, 1.82) is 0 Å². The van der Waals surface area contributed by atoms with Gasteiger partial charge in [-0.25, -0.2) is 9.07 Å². The summed E-state index contributed by atoms with van der Waals surface area (Å²) < 4.78 is 20.4. The van der Waals surface area contributed by atoms with Gasteiger partial charge in [-0.15, -0.1) is 5.10 Å². The van der Waals surface area contributed by atoms with Gasteiger partial charge in [0.15, 0.2) is 0 Å². The first-order valence-corrected chi connectivity index (χ1v) is 11.5. The number of carbonyl (C=O) groups is 1. The van der Waals surface area contributed by atoms with E-state index in [4.69, 9.17) is 16.3 Å². The molecule has 0 saturated carbocycles. The highest BCUT2D eigenvalue weighted by Gasteiger charge is 2.25. The number of allylic oxidation sites excluding steroid dienone is 1. The largest absolute Gasteiger partial charge is 0.497 e. The van der Waals surface area contributed by atoms with E-state index < -0.39 is 0 Å². The van der Waals surface area contributed by atoms with Crippen LogP contribution in [0.2, 0.25) is 5.02 Å². The zero-order chi connectivity index (χ0) is 25.1. The van der Waals surface area contributed by atoms with Crippen molar-refractivity contribution in [1.82, 2.24) is 14.8 Å². The third-order valence-corrected chi connectivity index (χ3v) is 5.86. The van der Waals surface area contributed by atoms with Crippen molar-refractivity contribution in [2.45, 2.75) is 6.04 Å². The number of nitrogens with zero attached hydrogens (tertiary/aromatic N) is 3. The lowest BCUT2D eigenvalue weighted by atomic mass is 10.0. The van der Waals surface area contributed by atoms with E-state index in [9.17, 15) is 9.18 Å². The van der Waals surface area contributed by atoms with Crippen LogP contribution < -0.4 is 15.4 Å². The molecular weight excluding hydrogens is 481 g/mol. The number of aromatic nitrogens is 3. The molecule has 3 aromatic carbocycles. The second-order valence-corrected chi connectivity index (χ2v) is 8.44. The molecule has 4 aromatic rings. The van der Waals surface area contributed by atoms with Gasteiger partial charge in [0.2, 0.25) is 5.95 Å². The van der Waals surface area contributed by atoms with Gasteiger partial charge in [-0.3, -0.25) is 10.1 Å². The molecule has 0 saturated heterocycles. The van der Waals surface area contributed by atoms with Gasteiger partial charge in [0.1, 0.15) is 17.6 Å². The molecule has 0 unspecified atom stereocenters. The highest BCUT2D eigenvalue weighted by molar-refractivity contribution is 6.30. The summed E-state index contributed by atoms with van der Waals surface area (Å²) in [4.78, 5) is 17.0. The van der Waals surface area contributed by atoms with Gasteiger partial charge in [0.05, 0.1) is 7.11 Å². The fraction of sp³-hybridized carbons (Fsp3) is 0.0741. The van der Waals surface area contributed by atoms with Crippen LogP contribution in [0.15, 0.2) is 84.9 Å². The molecule has 180 valence electrons. The highest BCUT2D eigenvalue weighted by Crippen LogP contribution is 2.33. The number of rotatable bonds is 6. The zero-order valence-electron chi connectivity index (χ0n) is 19.2. The Bertz CT molecular complexity index is 1450. The summed E-state index contributed by atoms with van der Waals surface area (Å²) in [7, 11) is 1.60. The average Bonchev–Trinajstić information content (AvgIpc) is 3.30. The van der Waals surface area contributed by atoms with Crippen molar-refractivity contribution in [3.63, 3.8) is 0 Å². The van der Waals surface area contributed by atoms with Crippen LogP contribution in [0.1, 0.15) is 22.7 Å². The van der Waals surface area contributed by atoms with E-state index in [2.05, 4.69) is 20.7 Å². The van der Waals surface area contributed by atoms with Crippen LogP contribution in [-0.4, -0.2) is 27.8 Å². The normalized spacial score (nSPS) is 14.6. The van der Waals surface area contributed by atoms with Gasteiger partial charge in [-0.1, -0.05) is 48.0 Å². The lowest BCUT2D eigenvalue weighted by molar-refractivity contribution is -0.111. The number of amides is 1. The van der Waals surface area contributed by atoms with Crippen LogP contribution in [0.3, 0.4) is 0 Å². The van der Waals surface area contributed by atoms with Gasteiger partial charge in [0, 0.05) is 16.8 Å². The van der Waals surface area contributed by atoms with E-state index in [0.717, 1.165) is 28.1 Å². The number of fused-ring (bicyclic) bond motifs is 1. The number of hydrogen-bond donors (Lipinski definition) is 2. The molecule has 0 fully saturated rings. The maximum atomic E-state index is 13.6. The molecule has 0 radical (unpaired) electrons. The summed E-state index contributed by atoms with van der Waals surface area (Å²) in [5, 5.41) is 11.1. The van der Waals surface area contributed by atoms with Crippen molar-refractivity contribution in [2.75, 3.05) is 17.7 Å². The topological polar surface area (TPSA) is 81.1 Å². The Morgan fingerprint density at radius 3 is 2.50 bits per heavy atom. The zero-order valence-corrected chi connectivity index (χ0v) is 19.9. The maximum absolute atomic E-state index is 13.6. The molecule has 0 spiro atoms. The van der Waals surface area contributed by atoms with Crippen molar-refractivity contribution in [2.24, 2.45) is 0 Å². The molecule has 9 heteroatoms. The van der Waals surface area contributed by atoms with Crippen molar-refractivity contribution < 1.29 is 13.9 Å². The predicted molar refractivity (Wildman–Crippen MR) is 138 cm³/mol. The van der Waals surface area contributed by atoms with Crippen LogP contribution in [0.4, 0.5) is 16.3 Å². The average molecular weight is 502 g/mol. The first-order chi connectivity index (χ1) is 17.5. The quantitative estimate of drug-likeness (QED) is 0.327. The molecule has 7 nitrogen and oxygen atoms in total. The Morgan fingerprint density at radius 1 is 1.08 bits per heavy atom. The van der Waals surface area contributed by atoms with Crippen LogP contribution in [-0.2, 0) is 4.79 Å². The Labute approximate surface area is 211 Å². The van der Waals surface area contributed by atoms with Gasteiger partial charge >= 0.3 is 0 Å². The molecule has 1 aliphatic rings. The van der Waals surface area contributed by atoms with Crippen molar-refractivity contribution in [3.8, 4) is 5.75 Å². The Hall–Kier alpha value is -4.43. The molecular formula is C27H21ClFN5O2. The molecule has 36 heavy (non-hydrogen) atoms. The summed E-state index contributed by atoms with van der Waals surface area (Å²) >= 11 is 6.05. The first-order valence-electron chi connectivity index (χ1n) is 11.1. The minimum Gasteiger partial charge on any atom is -0.497 e. The fourth-order valence-corrected chi connectivity index (χ4v) is 3.91. The molecule has 1 amide bonds.